The number of hydrogen-bond acceptors (Lipinski definition) is 3. The van der Waals surface area contributed by atoms with E-state index in [4.69, 9.17) is 4.74 Å². The molecule has 2 aliphatic rings. The summed E-state index contributed by atoms with van der Waals surface area (Å²) in [5.41, 5.74) is 0.655. The molecule has 2 saturated carbocycles. The van der Waals surface area contributed by atoms with E-state index in [-0.39, 0.29) is 12.0 Å². The van der Waals surface area contributed by atoms with Crippen molar-refractivity contribution in [2.24, 2.45) is 5.92 Å². The fraction of sp³-hybridized carbons (Fsp3) is 0.650. The van der Waals surface area contributed by atoms with E-state index in [9.17, 15) is 9.90 Å². The first-order chi connectivity index (χ1) is 11.6. The zero-order chi connectivity index (χ0) is 17.0. The van der Waals surface area contributed by atoms with Gasteiger partial charge >= 0.3 is 0 Å². The SMILES string of the molecule is COc1cccc(C2(C(=O)NCC3CCCC(O)C3)CCCC2)c1. The molecule has 24 heavy (non-hydrogen) atoms. The van der Waals surface area contributed by atoms with Crippen LogP contribution in [0.15, 0.2) is 24.3 Å². The van der Waals surface area contributed by atoms with Crippen LogP contribution in [0.3, 0.4) is 0 Å². The molecule has 4 heteroatoms. The Morgan fingerprint density at radius 3 is 2.79 bits per heavy atom. The smallest absolute Gasteiger partial charge is 0.230 e. The minimum atomic E-state index is -0.415. The first-order valence-corrected chi connectivity index (χ1v) is 9.25. The number of nitrogens with one attached hydrogen (secondary N) is 1. The number of benzene rings is 1. The van der Waals surface area contributed by atoms with Crippen molar-refractivity contribution in [3.05, 3.63) is 29.8 Å². The summed E-state index contributed by atoms with van der Waals surface area (Å²) in [6, 6.07) is 7.96. The molecule has 0 aromatic heterocycles. The maximum atomic E-state index is 13.1. The molecule has 2 fully saturated rings. The largest absolute Gasteiger partial charge is 0.497 e. The van der Waals surface area contributed by atoms with Gasteiger partial charge in [0.1, 0.15) is 5.75 Å². The fourth-order valence-corrected chi connectivity index (χ4v) is 4.40. The predicted octanol–water partition coefficient (Wildman–Crippen LogP) is 3.17. The van der Waals surface area contributed by atoms with Crippen molar-refractivity contribution in [2.75, 3.05) is 13.7 Å². The second-order valence-electron chi connectivity index (χ2n) is 7.42. The van der Waals surface area contributed by atoms with Crippen molar-refractivity contribution in [1.29, 1.82) is 0 Å². The van der Waals surface area contributed by atoms with Crippen molar-refractivity contribution < 1.29 is 14.6 Å². The van der Waals surface area contributed by atoms with Crippen LogP contribution in [0.2, 0.25) is 0 Å². The van der Waals surface area contributed by atoms with Crippen LogP contribution in [0, 0.1) is 5.92 Å². The molecule has 0 heterocycles. The normalized spacial score (nSPS) is 26.1. The topological polar surface area (TPSA) is 58.6 Å². The second-order valence-corrected chi connectivity index (χ2v) is 7.42. The van der Waals surface area contributed by atoms with Crippen LogP contribution in [0.4, 0.5) is 0 Å². The number of hydrogen-bond donors (Lipinski definition) is 2. The molecule has 2 aliphatic carbocycles. The van der Waals surface area contributed by atoms with Gasteiger partial charge in [0, 0.05) is 6.54 Å². The van der Waals surface area contributed by atoms with E-state index in [1.165, 1.54) is 0 Å². The first kappa shape index (κ1) is 17.3. The Hall–Kier alpha value is -1.55. The lowest BCUT2D eigenvalue weighted by molar-refractivity contribution is -0.127. The van der Waals surface area contributed by atoms with Crippen molar-refractivity contribution >= 4 is 5.91 Å². The van der Waals surface area contributed by atoms with Gasteiger partial charge in [0.15, 0.2) is 0 Å². The van der Waals surface area contributed by atoms with Crippen LogP contribution in [0.25, 0.3) is 0 Å². The standard InChI is InChI=1S/C20H29NO3/c1-24-18-9-5-7-16(13-18)20(10-2-3-11-20)19(23)21-14-15-6-4-8-17(22)12-15/h5,7,9,13,15,17,22H,2-4,6,8,10-12,14H2,1H3,(H,21,23). The molecule has 1 aromatic rings. The lowest BCUT2D eigenvalue weighted by atomic mass is 9.77. The van der Waals surface area contributed by atoms with Crippen LogP contribution in [-0.4, -0.2) is 30.8 Å². The number of aliphatic hydroxyl groups excluding tert-OH is 1. The summed E-state index contributed by atoms with van der Waals surface area (Å²) in [5, 5.41) is 13.0. The molecule has 3 rings (SSSR count). The molecule has 1 aromatic carbocycles. The summed E-state index contributed by atoms with van der Waals surface area (Å²) in [5.74, 6) is 1.36. The highest BCUT2D eigenvalue weighted by atomic mass is 16.5. The molecule has 2 atom stereocenters. The van der Waals surface area contributed by atoms with Crippen molar-refractivity contribution in [1.82, 2.24) is 5.32 Å². The first-order valence-electron chi connectivity index (χ1n) is 9.25. The third kappa shape index (κ3) is 3.59. The summed E-state index contributed by atoms with van der Waals surface area (Å²) < 4.78 is 5.35. The number of methoxy groups -OCH3 is 1. The van der Waals surface area contributed by atoms with Crippen LogP contribution in [0.5, 0.6) is 5.75 Å². The monoisotopic (exact) mass is 331 g/mol. The van der Waals surface area contributed by atoms with Gasteiger partial charge in [-0.3, -0.25) is 4.79 Å². The predicted molar refractivity (Wildman–Crippen MR) is 94.1 cm³/mol. The lowest BCUT2D eigenvalue weighted by Gasteiger charge is -2.31. The van der Waals surface area contributed by atoms with Crippen molar-refractivity contribution in [3.8, 4) is 5.75 Å². The van der Waals surface area contributed by atoms with Crippen LogP contribution in [-0.2, 0) is 10.2 Å². The Labute approximate surface area is 144 Å². The number of aliphatic hydroxyl groups is 1. The zero-order valence-corrected chi connectivity index (χ0v) is 14.6. The average Bonchev–Trinajstić information content (AvgIpc) is 3.11. The Morgan fingerprint density at radius 1 is 1.29 bits per heavy atom. The maximum Gasteiger partial charge on any atom is 0.230 e. The van der Waals surface area contributed by atoms with Gasteiger partial charge < -0.3 is 15.2 Å². The Bertz CT molecular complexity index is 566. The summed E-state index contributed by atoms with van der Waals surface area (Å²) in [6.07, 6.45) is 7.66. The highest BCUT2D eigenvalue weighted by Gasteiger charge is 2.42. The van der Waals surface area contributed by atoms with Gasteiger partial charge in [-0.2, -0.15) is 0 Å². The molecular weight excluding hydrogens is 302 g/mol. The Kier molecular flexibility index (Phi) is 5.44. The molecule has 1 amide bonds. The summed E-state index contributed by atoms with van der Waals surface area (Å²) in [4.78, 5) is 13.1. The number of amides is 1. The van der Waals surface area contributed by atoms with Crippen LogP contribution < -0.4 is 10.1 Å². The molecule has 0 saturated heterocycles. The molecule has 0 bridgehead atoms. The molecule has 4 nitrogen and oxygen atoms in total. The van der Waals surface area contributed by atoms with E-state index in [1.807, 2.05) is 18.2 Å². The van der Waals surface area contributed by atoms with Gasteiger partial charge in [0.05, 0.1) is 18.6 Å². The number of rotatable bonds is 5. The second kappa shape index (κ2) is 7.56. The quantitative estimate of drug-likeness (QED) is 0.871. The van der Waals surface area contributed by atoms with Gasteiger partial charge in [-0.25, -0.2) is 0 Å². The van der Waals surface area contributed by atoms with Gasteiger partial charge in [0.2, 0.25) is 5.91 Å². The minimum absolute atomic E-state index is 0.147. The molecule has 132 valence electrons. The summed E-state index contributed by atoms with van der Waals surface area (Å²) >= 11 is 0. The number of carbonyl (C=O) groups is 1. The minimum Gasteiger partial charge on any atom is -0.497 e. The molecule has 2 unspecified atom stereocenters. The maximum absolute atomic E-state index is 13.1. The summed E-state index contributed by atoms with van der Waals surface area (Å²) in [6.45, 7) is 0.682. The van der Waals surface area contributed by atoms with E-state index in [1.54, 1.807) is 7.11 Å². The van der Waals surface area contributed by atoms with Crippen molar-refractivity contribution in [3.63, 3.8) is 0 Å². The highest BCUT2D eigenvalue weighted by molar-refractivity contribution is 5.88. The fourth-order valence-electron chi connectivity index (χ4n) is 4.40. The number of carbonyl (C=O) groups excluding carboxylic acids is 1. The third-order valence-corrected chi connectivity index (χ3v) is 5.82. The molecule has 2 N–H and O–H groups in total. The average molecular weight is 331 g/mol. The zero-order valence-electron chi connectivity index (χ0n) is 14.6. The van der Waals surface area contributed by atoms with E-state index < -0.39 is 5.41 Å². The molecule has 0 radical (unpaired) electrons. The van der Waals surface area contributed by atoms with E-state index in [2.05, 4.69) is 11.4 Å². The summed E-state index contributed by atoms with van der Waals surface area (Å²) in [7, 11) is 1.66. The van der Waals surface area contributed by atoms with E-state index >= 15 is 0 Å². The van der Waals surface area contributed by atoms with E-state index in [0.717, 1.165) is 62.7 Å². The van der Waals surface area contributed by atoms with Crippen LogP contribution in [0.1, 0.15) is 56.9 Å². The molecular formula is C20H29NO3. The van der Waals surface area contributed by atoms with E-state index in [0.29, 0.717) is 12.5 Å². The van der Waals surface area contributed by atoms with Gasteiger partial charge in [0.25, 0.3) is 0 Å². The van der Waals surface area contributed by atoms with Gasteiger partial charge in [-0.05, 0) is 55.7 Å². The third-order valence-electron chi connectivity index (χ3n) is 5.82. The number of ether oxygens (including phenoxy) is 1. The Morgan fingerprint density at radius 2 is 2.08 bits per heavy atom. The molecule has 0 aliphatic heterocycles. The van der Waals surface area contributed by atoms with Gasteiger partial charge in [-0.15, -0.1) is 0 Å². The van der Waals surface area contributed by atoms with Gasteiger partial charge in [-0.1, -0.05) is 31.4 Å². The highest BCUT2D eigenvalue weighted by Crippen LogP contribution is 2.42. The molecule has 0 spiro atoms. The van der Waals surface area contributed by atoms with Crippen molar-refractivity contribution in [2.45, 2.75) is 62.9 Å². The Balaban J connectivity index is 1.71. The lowest BCUT2D eigenvalue weighted by Crippen LogP contribution is -2.45. The van der Waals surface area contributed by atoms with Crippen LogP contribution >= 0.6 is 0 Å².